The number of carbonyl (C=O) groups excluding carboxylic acids is 2. The minimum atomic E-state index is -0.238. The number of hydrogen-bond donors (Lipinski definition) is 1. The molecule has 7 nitrogen and oxygen atoms in total. The number of amides is 2. The van der Waals surface area contributed by atoms with Crippen LogP contribution >= 0.6 is 0 Å². The smallest absolute Gasteiger partial charge is 0.243 e. The standard InChI is InChI=1S/C25H30N4O3/c1-5-28(17-24(30)26-20-10-9-13-22(16-20)32-4)25(31)15-14-23-18(2)27-29(19(23)3)21-11-7-6-8-12-21/h6-13,16H,5,14-15,17H2,1-4H3,(H,26,30). The molecule has 2 aromatic carbocycles. The summed E-state index contributed by atoms with van der Waals surface area (Å²) in [6.07, 6.45) is 0.903. The van der Waals surface area contributed by atoms with Gasteiger partial charge in [0.05, 0.1) is 25.0 Å². The van der Waals surface area contributed by atoms with Crippen LogP contribution < -0.4 is 10.1 Å². The summed E-state index contributed by atoms with van der Waals surface area (Å²) in [7, 11) is 1.57. The second-order valence-corrected chi connectivity index (χ2v) is 7.58. The van der Waals surface area contributed by atoms with Crippen molar-refractivity contribution in [3.63, 3.8) is 0 Å². The van der Waals surface area contributed by atoms with E-state index in [1.165, 1.54) is 0 Å². The molecule has 0 aliphatic carbocycles. The molecular formula is C25H30N4O3. The molecule has 0 radical (unpaired) electrons. The number of nitrogens with one attached hydrogen (secondary N) is 1. The number of carbonyl (C=O) groups is 2. The van der Waals surface area contributed by atoms with E-state index in [2.05, 4.69) is 10.4 Å². The average molecular weight is 435 g/mol. The van der Waals surface area contributed by atoms with Crippen LogP contribution in [0.2, 0.25) is 0 Å². The lowest BCUT2D eigenvalue weighted by molar-refractivity contribution is -0.134. The molecule has 1 heterocycles. The number of para-hydroxylation sites is 1. The van der Waals surface area contributed by atoms with Crippen molar-refractivity contribution in [1.82, 2.24) is 14.7 Å². The molecule has 1 aromatic heterocycles. The fourth-order valence-electron chi connectivity index (χ4n) is 3.70. The van der Waals surface area contributed by atoms with Gasteiger partial charge in [0.15, 0.2) is 0 Å². The minimum Gasteiger partial charge on any atom is -0.497 e. The Morgan fingerprint density at radius 1 is 1.09 bits per heavy atom. The van der Waals surface area contributed by atoms with Crippen molar-refractivity contribution in [2.45, 2.75) is 33.6 Å². The van der Waals surface area contributed by atoms with E-state index < -0.39 is 0 Å². The van der Waals surface area contributed by atoms with E-state index in [9.17, 15) is 9.59 Å². The number of ether oxygens (including phenoxy) is 1. The highest BCUT2D eigenvalue weighted by Gasteiger charge is 2.19. The molecule has 0 unspecified atom stereocenters. The molecule has 3 aromatic rings. The van der Waals surface area contributed by atoms with Crippen molar-refractivity contribution in [2.24, 2.45) is 0 Å². The molecule has 0 atom stereocenters. The molecule has 1 N–H and O–H groups in total. The summed E-state index contributed by atoms with van der Waals surface area (Å²) >= 11 is 0. The molecule has 0 saturated carbocycles. The summed E-state index contributed by atoms with van der Waals surface area (Å²) in [5.41, 5.74) is 4.64. The number of hydrogen-bond acceptors (Lipinski definition) is 4. The second kappa shape index (κ2) is 10.6. The Kier molecular flexibility index (Phi) is 7.65. The van der Waals surface area contributed by atoms with Crippen LogP contribution in [0.5, 0.6) is 5.75 Å². The number of aromatic nitrogens is 2. The number of likely N-dealkylation sites (N-methyl/N-ethyl adjacent to an activating group) is 1. The monoisotopic (exact) mass is 434 g/mol. The van der Waals surface area contributed by atoms with E-state index in [1.54, 1.807) is 36.3 Å². The summed E-state index contributed by atoms with van der Waals surface area (Å²) in [6, 6.07) is 17.1. The summed E-state index contributed by atoms with van der Waals surface area (Å²) in [5.74, 6) is 0.366. The normalized spacial score (nSPS) is 10.6. The topological polar surface area (TPSA) is 76.5 Å². The number of rotatable bonds is 9. The Morgan fingerprint density at radius 3 is 2.53 bits per heavy atom. The largest absolute Gasteiger partial charge is 0.497 e. The molecule has 7 heteroatoms. The number of methoxy groups -OCH3 is 1. The van der Waals surface area contributed by atoms with Crippen LogP contribution in [0.3, 0.4) is 0 Å². The maximum Gasteiger partial charge on any atom is 0.243 e. The van der Waals surface area contributed by atoms with E-state index in [0.29, 0.717) is 30.8 Å². The van der Waals surface area contributed by atoms with Gasteiger partial charge in [-0.25, -0.2) is 4.68 Å². The molecule has 32 heavy (non-hydrogen) atoms. The van der Waals surface area contributed by atoms with Crippen LogP contribution in [-0.2, 0) is 16.0 Å². The zero-order valence-electron chi connectivity index (χ0n) is 19.1. The number of nitrogens with zero attached hydrogens (tertiary/aromatic N) is 3. The van der Waals surface area contributed by atoms with Crippen LogP contribution in [0.1, 0.15) is 30.3 Å². The van der Waals surface area contributed by atoms with Gasteiger partial charge in [-0.1, -0.05) is 24.3 Å². The van der Waals surface area contributed by atoms with Gasteiger partial charge in [-0.05, 0) is 57.0 Å². The maximum absolute atomic E-state index is 12.8. The molecule has 0 spiro atoms. The van der Waals surface area contributed by atoms with E-state index in [4.69, 9.17) is 4.74 Å². The Morgan fingerprint density at radius 2 is 1.84 bits per heavy atom. The lowest BCUT2D eigenvalue weighted by Gasteiger charge is -2.20. The summed E-state index contributed by atoms with van der Waals surface area (Å²) in [4.78, 5) is 26.9. The Bertz CT molecular complexity index is 1080. The molecule has 0 fully saturated rings. The van der Waals surface area contributed by atoms with Crippen molar-refractivity contribution in [2.75, 3.05) is 25.5 Å². The van der Waals surface area contributed by atoms with Crippen LogP contribution in [0, 0.1) is 13.8 Å². The first-order valence-corrected chi connectivity index (χ1v) is 10.7. The number of benzene rings is 2. The van der Waals surface area contributed by atoms with E-state index >= 15 is 0 Å². The van der Waals surface area contributed by atoms with Crippen molar-refractivity contribution >= 4 is 17.5 Å². The van der Waals surface area contributed by atoms with Gasteiger partial charge >= 0.3 is 0 Å². The Balaban J connectivity index is 1.61. The molecule has 0 aliphatic heterocycles. The van der Waals surface area contributed by atoms with Gasteiger partial charge < -0.3 is 15.0 Å². The lowest BCUT2D eigenvalue weighted by Crippen LogP contribution is -2.38. The molecule has 168 valence electrons. The van der Waals surface area contributed by atoms with Crippen LogP contribution in [-0.4, -0.2) is 46.7 Å². The average Bonchev–Trinajstić information content (AvgIpc) is 3.09. The SMILES string of the molecule is CCN(CC(=O)Nc1cccc(OC)c1)C(=O)CCc1c(C)nn(-c2ccccc2)c1C. The van der Waals surface area contributed by atoms with Crippen molar-refractivity contribution in [3.8, 4) is 11.4 Å². The van der Waals surface area contributed by atoms with Crippen molar-refractivity contribution < 1.29 is 14.3 Å². The third kappa shape index (κ3) is 5.55. The minimum absolute atomic E-state index is 0.00772. The third-order valence-electron chi connectivity index (χ3n) is 5.45. The lowest BCUT2D eigenvalue weighted by atomic mass is 10.1. The highest BCUT2D eigenvalue weighted by atomic mass is 16.5. The summed E-state index contributed by atoms with van der Waals surface area (Å²) < 4.78 is 7.09. The van der Waals surface area contributed by atoms with Crippen LogP contribution in [0.15, 0.2) is 54.6 Å². The molecular weight excluding hydrogens is 404 g/mol. The first-order valence-electron chi connectivity index (χ1n) is 10.7. The van der Waals surface area contributed by atoms with E-state index in [1.807, 2.05) is 55.8 Å². The highest BCUT2D eigenvalue weighted by molar-refractivity contribution is 5.94. The zero-order chi connectivity index (χ0) is 23.1. The fraction of sp³-hybridized carbons (Fsp3) is 0.320. The second-order valence-electron chi connectivity index (χ2n) is 7.58. The quantitative estimate of drug-likeness (QED) is 0.554. The van der Waals surface area contributed by atoms with Crippen molar-refractivity contribution in [1.29, 1.82) is 0 Å². The van der Waals surface area contributed by atoms with Gasteiger partial charge in [-0.3, -0.25) is 9.59 Å². The Hall–Kier alpha value is -3.61. The maximum atomic E-state index is 12.8. The number of aryl methyl sites for hydroxylation is 1. The van der Waals surface area contributed by atoms with E-state index in [-0.39, 0.29) is 18.4 Å². The molecule has 0 aliphatic rings. The van der Waals surface area contributed by atoms with Gasteiger partial charge in [-0.2, -0.15) is 5.10 Å². The highest BCUT2D eigenvalue weighted by Crippen LogP contribution is 2.20. The van der Waals surface area contributed by atoms with Gasteiger partial charge in [0.25, 0.3) is 0 Å². The third-order valence-corrected chi connectivity index (χ3v) is 5.45. The molecule has 0 bridgehead atoms. The fourth-order valence-corrected chi connectivity index (χ4v) is 3.70. The number of anilines is 1. The van der Waals surface area contributed by atoms with Crippen molar-refractivity contribution in [3.05, 3.63) is 71.5 Å². The molecule has 3 rings (SSSR count). The first kappa shape index (κ1) is 23.1. The van der Waals surface area contributed by atoms with Crippen LogP contribution in [0.25, 0.3) is 5.69 Å². The van der Waals surface area contributed by atoms with Gasteiger partial charge in [-0.15, -0.1) is 0 Å². The zero-order valence-corrected chi connectivity index (χ0v) is 19.1. The molecule has 2 amide bonds. The van der Waals surface area contributed by atoms with Gasteiger partial charge in [0.1, 0.15) is 5.75 Å². The van der Waals surface area contributed by atoms with Crippen LogP contribution in [0.4, 0.5) is 5.69 Å². The van der Waals surface area contributed by atoms with E-state index in [0.717, 1.165) is 22.6 Å². The predicted octanol–water partition coefficient (Wildman–Crippen LogP) is 3.92. The van der Waals surface area contributed by atoms with Gasteiger partial charge in [0, 0.05) is 30.4 Å². The molecule has 0 saturated heterocycles. The van der Waals surface area contributed by atoms with Gasteiger partial charge in [0.2, 0.25) is 11.8 Å². The summed E-state index contributed by atoms with van der Waals surface area (Å²) in [5, 5.41) is 7.47. The predicted molar refractivity (Wildman–Crippen MR) is 125 cm³/mol. The Labute approximate surface area is 189 Å². The first-order chi connectivity index (χ1) is 15.4. The summed E-state index contributed by atoms with van der Waals surface area (Å²) in [6.45, 7) is 6.33.